The number of nitrogens with zero attached hydrogens (tertiary/aromatic N) is 1. The molecule has 1 aliphatic heterocycles. The summed E-state index contributed by atoms with van der Waals surface area (Å²) in [6.07, 6.45) is 0.214. The predicted octanol–water partition coefficient (Wildman–Crippen LogP) is 2.29. The number of carbonyl (C=O) groups excluding carboxylic acids is 1. The van der Waals surface area contributed by atoms with Gasteiger partial charge in [0.25, 0.3) is 0 Å². The first-order valence-electron chi connectivity index (χ1n) is 6.52. The molecule has 0 radical (unpaired) electrons. The van der Waals surface area contributed by atoms with Crippen molar-refractivity contribution in [2.45, 2.75) is 32.9 Å². The second-order valence-corrected chi connectivity index (χ2v) is 5.16. The fourth-order valence-corrected chi connectivity index (χ4v) is 2.35. The highest BCUT2D eigenvalue weighted by molar-refractivity contribution is 5.98. The van der Waals surface area contributed by atoms with E-state index < -0.39 is 0 Å². The molecule has 0 aliphatic carbocycles. The summed E-state index contributed by atoms with van der Waals surface area (Å²) < 4.78 is 5.58. The van der Waals surface area contributed by atoms with Crippen LogP contribution in [0, 0.1) is 6.92 Å². The van der Waals surface area contributed by atoms with E-state index in [2.05, 4.69) is 18.7 Å². The molecule has 1 aliphatic rings. The molecular weight excluding hydrogens is 226 g/mol. The van der Waals surface area contributed by atoms with Crippen LogP contribution in [0.15, 0.2) is 24.3 Å². The van der Waals surface area contributed by atoms with E-state index in [4.69, 9.17) is 4.74 Å². The third-order valence-corrected chi connectivity index (χ3v) is 3.53. The van der Waals surface area contributed by atoms with Crippen molar-refractivity contribution in [3.05, 3.63) is 35.4 Å². The van der Waals surface area contributed by atoms with Crippen molar-refractivity contribution in [1.29, 1.82) is 0 Å². The summed E-state index contributed by atoms with van der Waals surface area (Å²) in [4.78, 5) is 14.5. The Morgan fingerprint density at radius 1 is 1.39 bits per heavy atom. The Hall–Kier alpha value is -1.19. The molecule has 1 heterocycles. The molecule has 2 rings (SSSR count). The van der Waals surface area contributed by atoms with Gasteiger partial charge in [-0.15, -0.1) is 0 Å². The first-order chi connectivity index (χ1) is 8.58. The van der Waals surface area contributed by atoms with Gasteiger partial charge in [0, 0.05) is 18.2 Å². The Balaban J connectivity index is 2.05. The quantitative estimate of drug-likeness (QED) is 0.767. The Labute approximate surface area is 109 Å². The molecule has 0 amide bonds. The molecule has 0 bridgehead atoms. The molecule has 2 unspecified atom stereocenters. The lowest BCUT2D eigenvalue weighted by Gasteiger charge is -2.36. The SMILES string of the molecule is Cc1ccccc1C(=O)CN1CC(C)OCC1C. The number of ketones is 1. The number of aryl methyl sites for hydroxylation is 1. The van der Waals surface area contributed by atoms with E-state index in [1.807, 2.05) is 31.2 Å². The molecule has 3 nitrogen and oxygen atoms in total. The van der Waals surface area contributed by atoms with Gasteiger partial charge >= 0.3 is 0 Å². The maximum absolute atomic E-state index is 12.3. The van der Waals surface area contributed by atoms with E-state index in [9.17, 15) is 4.79 Å². The van der Waals surface area contributed by atoms with Crippen molar-refractivity contribution >= 4 is 5.78 Å². The smallest absolute Gasteiger partial charge is 0.177 e. The topological polar surface area (TPSA) is 29.5 Å². The summed E-state index contributed by atoms with van der Waals surface area (Å²) in [5.41, 5.74) is 1.89. The third kappa shape index (κ3) is 2.98. The minimum absolute atomic E-state index is 0.203. The zero-order chi connectivity index (χ0) is 13.1. The molecule has 1 aromatic carbocycles. The van der Waals surface area contributed by atoms with Gasteiger partial charge in [0.05, 0.1) is 19.3 Å². The highest BCUT2D eigenvalue weighted by atomic mass is 16.5. The summed E-state index contributed by atoms with van der Waals surface area (Å²) in [6.45, 7) is 8.17. The van der Waals surface area contributed by atoms with Gasteiger partial charge in [0.15, 0.2) is 5.78 Å². The van der Waals surface area contributed by atoms with E-state index in [-0.39, 0.29) is 11.9 Å². The number of benzene rings is 1. The molecule has 1 saturated heterocycles. The molecule has 0 N–H and O–H groups in total. The molecule has 0 aromatic heterocycles. The Morgan fingerprint density at radius 2 is 2.11 bits per heavy atom. The Kier molecular flexibility index (Phi) is 4.15. The number of hydrogen-bond donors (Lipinski definition) is 0. The lowest BCUT2D eigenvalue weighted by Crippen LogP contribution is -2.49. The maximum atomic E-state index is 12.3. The van der Waals surface area contributed by atoms with Crippen LogP contribution in [0.1, 0.15) is 29.8 Å². The van der Waals surface area contributed by atoms with E-state index in [0.29, 0.717) is 19.2 Å². The van der Waals surface area contributed by atoms with Crippen LogP contribution in [0.4, 0.5) is 0 Å². The Bertz CT molecular complexity index is 430. The van der Waals surface area contributed by atoms with Crippen molar-refractivity contribution in [2.24, 2.45) is 0 Å². The number of carbonyl (C=O) groups is 1. The summed E-state index contributed by atoms with van der Waals surface area (Å²) >= 11 is 0. The molecule has 3 heteroatoms. The van der Waals surface area contributed by atoms with E-state index in [1.165, 1.54) is 0 Å². The number of hydrogen-bond acceptors (Lipinski definition) is 3. The van der Waals surface area contributed by atoms with Gasteiger partial charge in [-0.1, -0.05) is 24.3 Å². The summed E-state index contributed by atoms with van der Waals surface area (Å²) in [5, 5.41) is 0. The second-order valence-electron chi connectivity index (χ2n) is 5.16. The van der Waals surface area contributed by atoms with E-state index in [1.54, 1.807) is 0 Å². The first kappa shape index (κ1) is 13.2. The van der Waals surface area contributed by atoms with Crippen LogP contribution in [0.25, 0.3) is 0 Å². The lowest BCUT2D eigenvalue weighted by molar-refractivity contribution is -0.0460. The summed E-state index contributed by atoms with van der Waals surface area (Å²) in [5.74, 6) is 0.203. The van der Waals surface area contributed by atoms with Crippen LogP contribution in [0.2, 0.25) is 0 Å². The largest absolute Gasteiger partial charge is 0.376 e. The zero-order valence-electron chi connectivity index (χ0n) is 11.3. The van der Waals surface area contributed by atoms with Gasteiger partial charge in [-0.25, -0.2) is 0 Å². The van der Waals surface area contributed by atoms with Crippen LogP contribution in [-0.2, 0) is 4.74 Å². The van der Waals surface area contributed by atoms with Gasteiger partial charge < -0.3 is 4.74 Å². The van der Waals surface area contributed by atoms with Gasteiger partial charge in [-0.05, 0) is 26.3 Å². The van der Waals surface area contributed by atoms with E-state index >= 15 is 0 Å². The van der Waals surface area contributed by atoms with Crippen LogP contribution < -0.4 is 0 Å². The Morgan fingerprint density at radius 3 is 2.83 bits per heavy atom. The molecule has 98 valence electrons. The number of rotatable bonds is 3. The van der Waals surface area contributed by atoms with Gasteiger partial charge in [0.1, 0.15) is 0 Å². The average Bonchev–Trinajstić information content (AvgIpc) is 2.34. The number of Topliss-reactive ketones (excluding diaryl/α,β-unsaturated/α-hetero) is 1. The lowest BCUT2D eigenvalue weighted by atomic mass is 10.0. The number of morpholine rings is 1. The van der Waals surface area contributed by atoms with Crippen LogP contribution in [0.3, 0.4) is 0 Å². The maximum Gasteiger partial charge on any atom is 0.177 e. The fourth-order valence-electron chi connectivity index (χ4n) is 2.35. The highest BCUT2D eigenvalue weighted by Crippen LogP contribution is 2.14. The average molecular weight is 247 g/mol. The summed E-state index contributed by atoms with van der Waals surface area (Å²) in [7, 11) is 0. The van der Waals surface area contributed by atoms with E-state index in [0.717, 1.165) is 17.7 Å². The predicted molar refractivity (Wildman–Crippen MR) is 72.0 cm³/mol. The van der Waals surface area contributed by atoms with Crippen molar-refractivity contribution in [1.82, 2.24) is 4.90 Å². The molecule has 1 fully saturated rings. The van der Waals surface area contributed by atoms with Gasteiger partial charge in [-0.2, -0.15) is 0 Å². The van der Waals surface area contributed by atoms with Gasteiger partial charge in [-0.3, -0.25) is 9.69 Å². The first-order valence-corrected chi connectivity index (χ1v) is 6.52. The normalized spacial score (nSPS) is 25.1. The molecule has 0 spiro atoms. The monoisotopic (exact) mass is 247 g/mol. The highest BCUT2D eigenvalue weighted by Gasteiger charge is 2.25. The van der Waals surface area contributed by atoms with Crippen molar-refractivity contribution in [3.63, 3.8) is 0 Å². The minimum atomic E-state index is 0.203. The molecule has 2 atom stereocenters. The molecular formula is C15H21NO2. The minimum Gasteiger partial charge on any atom is -0.376 e. The molecule has 1 aromatic rings. The van der Waals surface area contributed by atoms with Gasteiger partial charge in [0.2, 0.25) is 0 Å². The van der Waals surface area contributed by atoms with Crippen LogP contribution >= 0.6 is 0 Å². The zero-order valence-corrected chi connectivity index (χ0v) is 11.3. The van der Waals surface area contributed by atoms with Crippen molar-refractivity contribution < 1.29 is 9.53 Å². The summed E-state index contributed by atoms with van der Waals surface area (Å²) in [6, 6.07) is 8.09. The van der Waals surface area contributed by atoms with Crippen LogP contribution in [-0.4, -0.2) is 42.5 Å². The van der Waals surface area contributed by atoms with Crippen molar-refractivity contribution in [2.75, 3.05) is 19.7 Å². The number of ether oxygens (including phenoxy) is 1. The molecule has 0 saturated carbocycles. The standard InChI is InChI=1S/C15H21NO2/c1-11-6-4-5-7-14(11)15(17)9-16-8-13(3)18-10-12(16)2/h4-7,12-13H,8-10H2,1-3H3. The fraction of sp³-hybridized carbons (Fsp3) is 0.533. The van der Waals surface area contributed by atoms with Crippen molar-refractivity contribution in [3.8, 4) is 0 Å². The molecule has 18 heavy (non-hydrogen) atoms. The third-order valence-electron chi connectivity index (χ3n) is 3.53. The van der Waals surface area contributed by atoms with Crippen LogP contribution in [0.5, 0.6) is 0 Å². The second kappa shape index (κ2) is 5.63.